The fraction of sp³-hybridized carbons (Fsp3) is 0.375. The van der Waals surface area contributed by atoms with E-state index in [9.17, 15) is 4.79 Å². The Morgan fingerprint density at radius 3 is 3.08 bits per heavy atom. The fourth-order valence-electron chi connectivity index (χ4n) is 0.752. The largest absolute Gasteiger partial charge is 0.480 e. The fourth-order valence-corrected chi connectivity index (χ4v) is 2.58. The van der Waals surface area contributed by atoms with E-state index in [2.05, 4.69) is 0 Å². The minimum absolute atomic E-state index is 0.466. The van der Waals surface area contributed by atoms with Gasteiger partial charge in [0.05, 0.1) is 0 Å². The molecule has 0 radical (unpaired) electrons. The summed E-state index contributed by atoms with van der Waals surface area (Å²) in [6, 6.07) is 3.27. The molecule has 13 heavy (non-hydrogen) atoms. The second-order valence-electron chi connectivity index (χ2n) is 2.54. The van der Waals surface area contributed by atoms with Gasteiger partial charge in [-0.15, -0.1) is 11.3 Å². The van der Waals surface area contributed by atoms with E-state index in [1.165, 1.54) is 4.88 Å². The highest BCUT2D eigenvalue weighted by atomic mass is 32.2. The first kappa shape index (κ1) is 10.6. The summed E-state index contributed by atoms with van der Waals surface area (Å²) in [4.78, 5) is 11.6. The zero-order valence-electron chi connectivity index (χ0n) is 6.97. The molecule has 1 rings (SSSR count). The van der Waals surface area contributed by atoms with Gasteiger partial charge in [0.25, 0.3) is 0 Å². The molecule has 5 heteroatoms. The van der Waals surface area contributed by atoms with Crippen LogP contribution < -0.4 is 5.73 Å². The molecule has 0 saturated heterocycles. The van der Waals surface area contributed by atoms with Gasteiger partial charge < -0.3 is 10.8 Å². The second kappa shape index (κ2) is 5.26. The highest BCUT2D eigenvalue weighted by Crippen LogP contribution is 2.17. The van der Waals surface area contributed by atoms with E-state index in [1.807, 2.05) is 17.5 Å². The van der Waals surface area contributed by atoms with E-state index in [0.29, 0.717) is 5.75 Å². The van der Waals surface area contributed by atoms with E-state index in [-0.39, 0.29) is 0 Å². The Morgan fingerprint density at radius 2 is 2.54 bits per heavy atom. The van der Waals surface area contributed by atoms with Crippen molar-refractivity contribution >= 4 is 29.1 Å². The molecule has 0 amide bonds. The van der Waals surface area contributed by atoms with Crippen molar-refractivity contribution < 1.29 is 9.90 Å². The maximum Gasteiger partial charge on any atom is 0.321 e. The van der Waals surface area contributed by atoms with Crippen molar-refractivity contribution in [3.63, 3.8) is 0 Å². The summed E-state index contributed by atoms with van der Waals surface area (Å²) in [6.45, 7) is 0. The summed E-state index contributed by atoms with van der Waals surface area (Å²) in [7, 11) is 0. The molecule has 0 spiro atoms. The van der Waals surface area contributed by atoms with Crippen molar-refractivity contribution in [1.82, 2.24) is 0 Å². The molecule has 1 heterocycles. The molecular weight excluding hydrogens is 206 g/mol. The molecule has 72 valence electrons. The third-order valence-corrected chi connectivity index (χ3v) is 3.61. The number of nitrogens with two attached hydrogens (primary N) is 1. The number of hydrogen-bond donors (Lipinski definition) is 2. The maximum atomic E-state index is 10.4. The molecule has 3 N–H and O–H groups in total. The summed E-state index contributed by atoms with van der Waals surface area (Å²) < 4.78 is 0. The highest BCUT2D eigenvalue weighted by molar-refractivity contribution is 7.98. The summed E-state index contributed by atoms with van der Waals surface area (Å²) in [5.41, 5.74) is 5.34. The summed E-state index contributed by atoms with van der Waals surface area (Å²) in [5.74, 6) is 0.380. The van der Waals surface area contributed by atoms with E-state index < -0.39 is 12.0 Å². The van der Waals surface area contributed by atoms with E-state index >= 15 is 0 Å². The number of carbonyl (C=O) groups is 1. The van der Waals surface area contributed by atoms with E-state index in [4.69, 9.17) is 10.8 Å². The lowest BCUT2D eigenvalue weighted by atomic mass is 10.4. The van der Waals surface area contributed by atoms with Crippen LogP contribution in [0.2, 0.25) is 0 Å². The predicted molar refractivity (Wildman–Crippen MR) is 56.1 cm³/mol. The number of carboxylic acid groups (broad SMARTS) is 1. The molecular formula is C8H11NO2S2. The molecule has 0 aliphatic rings. The van der Waals surface area contributed by atoms with Crippen LogP contribution in [0.1, 0.15) is 4.88 Å². The monoisotopic (exact) mass is 217 g/mol. The van der Waals surface area contributed by atoms with Gasteiger partial charge in [0.2, 0.25) is 0 Å². The van der Waals surface area contributed by atoms with Crippen LogP contribution >= 0.6 is 23.1 Å². The molecule has 0 unspecified atom stereocenters. The number of thiophene rings is 1. The van der Waals surface area contributed by atoms with Crippen LogP contribution in [0.4, 0.5) is 0 Å². The van der Waals surface area contributed by atoms with E-state index in [0.717, 1.165) is 5.75 Å². The molecule has 0 bridgehead atoms. The van der Waals surface area contributed by atoms with Gasteiger partial charge in [-0.25, -0.2) is 0 Å². The molecule has 0 aliphatic heterocycles. The quantitative estimate of drug-likeness (QED) is 0.782. The Balaban J connectivity index is 2.18. The van der Waals surface area contributed by atoms with Crippen molar-refractivity contribution in [3.05, 3.63) is 22.4 Å². The Kier molecular flexibility index (Phi) is 4.27. The summed E-state index contributed by atoms with van der Waals surface area (Å²) in [5, 5.41) is 10.5. The normalized spacial score (nSPS) is 12.7. The van der Waals surface area contributed by atoms with Gasteiger partial charge >= 0.3 is 5.97 Å². The molecule has 0 aromatic carbocycles. The molecule has 1 aromatic heterocycles. The Labute approximate surface area is 85.0 Å². The predicted octanol–water partition coefficient (Wildman–Crippen LogP) is 1.39. The molecule has 0 saturated carbocycles. The van der Waals surface area contributed by atoms with Crippen LogP contribution in [-0.2, 0) is 10.5 Å². The van der Waals surface area contributed by atoms with Gasteiger partial charge in [0.1, 0.15) is 6.04 Å². The summed E-state index contributed by atoms with van der Waals surface area (Å²) in [6.07, 6.45) is 0. The first-order valence-electron chi connectivity index (χ1n) is 3.78. The van der Waals surface area contributed by atoms with Crippen molar-refractivity contribution in [2.45, 2.75) is 11.8 Å². The minimum Gasteiger partial charge on any atom is -0.480 e. The lowest BCUT2D eigenvalue weighted by molar-refractivity contribution is -0.137. The van der Waals surface area contributed by atoms with E-state index in [1.54, 1.807) is 23.1 Å². The Hall–Kier alpha value is -0.520. The van der Waals surface area contributed by atoms with Crippen molar-refractivity contribution in [2.75, 3.05) is 5.75 Å². The highest BCUT2D eigenvalue weighted by Gasteiger charge is 2.10. The lowest BCUT2D eigenvalue weighted by Gasteiger charge is -2.04. The van der Waals surface area contributed by atoms with Crippen LogP contribution in [0, 0.1) is 0 Å². The lowest BCUT2D eigenvalue weighted by Crippen LogP contribution is -2.32. The minimum atomic E-state index is -0.932. The first-order chi connectivity index (χ1) is 6.20. The maximum absolute atomic E-state index is 10.4. The smallest absolute Gasteiger partial charge is 0.321 e. The zero-order chi connectivity index (χ0) is 9.68. The average Bonchev–Trinajstić information content (AvgIpc) is 2.56. The Bertz CT molecular complexity index is 261. The number of rotatable bonds is 5. The van der Waals surface area contributed by atoms with Gasteiger partial charge in [-0.3, -0.25) is 4.79 Å². The van der Waals surface area contributed by atoms with Crippen molar-refractivity contribution in [2.24, 2.45) is 5.73 Å². The second-order valence-corrected chi connectivity index (χ2v) is 4.60. The number of carboxylic acids is 1. The zero-order valence-corrected chi connectivity index (χ0v) is 8.61. The van der Waals surface area contributed by atoms with Gasteiger partial charge in [0, 0.05) is 16.4 Å². The number of hydrogen-bond acceptors (Lipinski definition) is 4. The van der Waals surface area contributed by atoms with Gasteiger partial charge in [-0.1, -0.05) is 6.07 Å². The third-order valence-electron chi connectivity index (χ3n) is 1.44. The molecule has 3 nitrogen and oxygen atoms in total. The van der Waals surface area contributed by atoms with Crippen LogP contribution in [0.25, 0.3) is 0 Å². The molecule has 0 fully saturated rings. The van der Waals surface area contributed by atoms with Crippen molar-refractivity contribution in [3.8, 4) is 0 Å². The van der Waals surface area contributed by atoms with Crippen LogP contribution in [0.5, 0.6) is 0 Å². The van der Waals surface area contributed by atoms with Crippen molar-refractivity contribution in [1.29, 1.82) is 0 Å². The third kappa shape index (κ3) is 3.80. The van der Waals surface area contributed by atoms with Gasteiger partial charge in [-0.2, -0.15) is 11.8 Å². The summed E-state index contributed by atoms with van der Waals surface area (Å²) >= 11 is 3.23. The number of thioether (sulfide) groups is 1. The van der Waals surface area contributed by atoms with Gasteiger partial charge in [0.15, 0.2) is 0 Å². The SMILES string of the molecule is N[C@H](CSCc1cccs1)C(=O)O. The van der Waals surface area contributed by atoms with Gasteiger partial charge in [-0.05, 0) is 11.4 Å². The number of aliphatic carboxylic acids is 1. The first-order valence-corrected chi connectivity index (χ1v) is 5.82. The van der Waals surface area contributed by atoms with Crippen LogP contribution in [-0.4, -0.2) is 22.9 Å². The topological polar surface area (TPSA) is 63.3 Å². The standard InChI is InChI=1S/C8H11NO2S2/c9-7(8(10)11)5-12-4-6-2-1-3-13-6/h1-3,7H,4-5,9H2,(H,10,11)/t7-/m1/s1. The molecule has 1 aromatic rings. The van der Waals surface area contributed by atoms with Crippen LogP contribution in [0.3, 0.4) is 0 Å². The molecule has 0 aliphatic carbocycles. The Morgan fingerprint density at radius 1 is 1.77 bits per heavy atom. The molecule has 1 atom stereocenters. The average molecular weight is 217 g/mol. The van der Waals surface area contributed by atoms with Crippen LogP contribution in [0.15, 0.2) is 17.5 Å².